The predicted molar refractivity (Wildman–Crippen MR) is 106 cm³/mol. The second-order valence-corrected chi connectivity index (χ2v) is 8.30. The molecule has 0 radical (unpaired) electrons. The summed E-state index contributed by atoms with van der Waals surface area (Å²) in [5.74, 6) is 2.17. The molecule has 7 heteroatoms. The van der Waals surface area contributed by atoms with Gasteiger partial charge < -0.3 is 16.4 Å². The van der Waals surface area contributed by atoms with Crippen LogP contribution in [0.1, 0.15) is 26.9 Å². The summed E-state index contributed by atoms with van der Waals surface area (Å²) in [4.78, 5) is 23.2. The number of primary amides is 1. The average molecular weight is 374 g/mol. The highest BCUT2D eigenvalue weighted by molar-refractivity contribution is 8.16. The van der Waals surface area contributed by atoms with Gasteiger partial charge in [-0.1, -0.05) is 12.1 Å². The Morgan fingerprint density at radius 1 is 0.960 bits per heavy atom. The van der Waals surface area contributed by atoms with E-state index in [0.29, 0.717) is 15.8 Å². The van der Waals surface area contributed by atoms with Crippen LogP contribution in [0.2, 0.25) is 0 Å². The van der Waals surface area contributed by atoms with Crippen LogP contribution in [0.15, 0.2) is 48.5 Å². The minimum Gasteiger partial charge on any atom is -0.351 e. The van der Waals surface area contributed by atoms with Crippen LogP contribution < -0.4 is 16.4 Å². The maximum Gasteiger partial charge on any atom is 0.316 e. The lowest BCUT2D eigenvalue weighted by Gasteiger charge is -2.21. The van der Waals surface area contributed by atoms with Crippen LogP contribution in [0.25, 0.3) is 0 Å². The maximum absolute atomic E-state index is 12.4. The lowest BCUT2D eigenvalue weighted by molar-refractivity contribution is 0.102. The van der Waals surface area contributed by atoms with E-state index in [0.717, 1.165) is 5.69 Å². The van der Waals surface area contributed by atoms with Gasteiger partial charge in [-0.2, -0.15) is 0 Å². The van der Waals surface area contributed by atoms with Gasteiger partial charge in [0.15, 0.2) is 0 Å². The Kier molecular flexibility index (Phi) is 5.88. The normalized spacial score (nSPS) is 14.7. The topological polar surface area (TPSA) is 84.2 Å². The minimum absolute atomic E-state index is 0.188. The van der Waals surface area contributed by atoms with Gasteiger partial charge in [-0.05, 0) is 59.9 Å². The fourth-order valence-electron chi connectivity index (χ4n) is 2.49. The molecule has 1 saturated heterocycles. The minimum atomic E-state index is -0.632. The molecular weight excluding hydrogens is 354 g/mol. The number of nitrogens with two attached hydrogens (primary N) is 1. The number of hydrogen-bond acceptors (Lipinski definition) is 4. The first-order chi connectivity index (χ1) is 12.1. The first kappa shape index (κ1) is 17.7. The molecule has 0 saturated carbocycles. The molecule has 1 heterocycles. The number of carbonyl (C=O) groups is 2. The fourth-order valence-corrected chi connectivity index (χ4v) is 5.37. The van der Waals surface area contributed by atoms with Crippen molar-refractivity contribution in [3.05, 3.63) is 59.7 Å². The van der Waals surface area contributed by atoms with Crippen molar-refractivity contribution in [2.75, 3.05) is 22.1 Å². The van der Waals surface area contributed by atoms with Crippen molar-refractivity contribution in [1.29, 1.82) is 0 Å². The Labute approximate surface area is 155 Å². The van der Waals surface area contributed by atoms with Gasteiger partial charge in [0.25, 0.3) is 5.91 Å². The van der Waals surface area contributed by atoms with Gasteiger partial charge in [-0.3, -0.25) is 4.79 Å². The number of urea groups is 1. The fraction of sp³-hybridized carbons (Fsp3) is 0.222. The zero-order chi connectivity index (χ0) is 17.6. The van der Waals surface area contributed by atoms with E-state index in [1.54, 1.807) is 24.3 Å². The molecule has 4 N–H and O–H groups in total. The molecule has 2 aromatic carbocycles. The summed E-state index contributed by atoms with van der Waals surface area (Å²) in [6.45, 7) is 0. The van der Waals surface area contributed by atoms with Crippen molar-refractivity contribution in [3.8, 4) is 0 Å². The third kappa shape index (κ3) is 4.93. The van der Waals surface area contributed by atoms with E-state index in [1.165, 1.54) is 23.5 Å². The Bertz CT molecular complexity index is 759. The van der Waals surface area contributed by atoms with Crippen LogP contribution >= 0.6 is 23.5 Å². The van der Waals surface area contributed by atoms with Crippen molar-refractivity contribution in [3.63, 3.8) is 0 Å². The van der Waals surface area contributed by atoms with Gasteiger partial charge in [-0.25, -0.2) is 4.79 Å². The first-order valence-corrected chi connectivity index (χ1v) is 10.0. The second-order valence-electron chi connectivity index (χ2n) is 5.57. The molecule has 130 valence electrons. The molecular formula is C18H19N3O2S2. The molecule has 2 aromatic rings. The number of carbonyl (C=O) groups excluding carboxylic acids is 2. The molecule has 1 aliphatic rings. The van der Waals surface area contributed by atoms with E-state index in [9.17, 15) is 9.59 Å². The molecule has 0 aromatic heterocycles. The van der Waals surface area contributed by atoms with Crippen molar-refractivity contribution >= 4 is 46.8 Å². The molecule has 0 spiro atoms. The molecule has 3 rings (SSSR count). The number of anilines is 2. The summed E-state index contributed by atoms with van der Waals surface area (Å²) < 4.78 is 0.435. The van der Waals surface area contributed by atoms with Crippen LogP contribution in [0.5, 0.6) is 0 Å². The van der Waals surface area contributed by atoms with Crippen LogP contribution in [0, 0.1) is 0 Å². The summed E-state index contributed by atoms with van der Waals surface area (Å²) >= 11 is 3.90. The number of benzene rings is 2. The Morgan fingerprint density at radius 2 is 1.68 bits per heavy atom. The first-order valence-electron chi connectivity index (χ1n) is 7.93. The van der Waals surface area contributed by atoms with E-state index < -0.39 is 6.03 Å². The summed E-state index contributed by atoms with van der Waals surface area (Å²) in [5.41, 5.74) is 8.15. The monoisotopic (exact) mass is 373 g/mol. The maximum atomic E-state index is 12.4. The molecule has 0 aliphatic carbocycles. The summed E-state index contributed by atoms with van der Waals surface area (Å²) in [5, 5.41) is 5.40. The van der Waals surface area contributed by atoms with Gasteiger partial charge in [-0.15, -0.1) is 23.5 Å². The highest BCUT2D eigenvalue weighted by Crippen LogP contribution is 2.44. The average Bonchev–Trinajstić information content (AvgIpc) is 2.63. The van der Waals surface area contributed by atoms with Crippen molar-refractivity contribution < 1.29 is 9.59 Å². The van der Waals surface area contributed by atoms with Gasteiger partial charge >= 0.3 is 6.03 Å². The number of rotatable bonds is 4. The number of nitrogens with one attached hydrogen (secondary N) is 2. The zero-order valence-electron chi connectivity index (χ0n) is 13.5. The Balaban J connectivity index is 1.67. The summed E-state index contributed by atoms with van der Waals surface area (Å²) in [6.07, 6.45) is 1.25. The van der Waals surface area contributed by atoms with Crippen LogP contribution in [0.4, 0.5) is 16.2 Å². The summed E-state index contributed by atoms with van der Waals surface area (Å²) in [6, 6.07) is 14.0. The smallest absolute Gasteiger partial charge is 0.316 e. The van der Waals surface area contributed by atoms with Crippen LogP contribution in [-0.4, -0.2) is 23.4 Å². The number of amides is 3. The van der Waals surface area contributed by atoms with Crippen molar-refractivity contribution in [1.82, 2.24) is 0 Å². The van der Waals surface area contributed by atoms with Crippen LogP contribution in [-0.2, 0) is 0 Å². The van der Waals surface area contributed by atoms with Gasteiger partial charge in [0.05, 0.1) is 4.58 Å². The van der Waals surface area contributed by atoms with E-state index >= 15 is 0 Å². The Morgan fingerprint density at radius 3 is 2.36 bits per heavy atom. The quantitative estimate of drug-likeness (QED) is 0.746. The van der Waals surface area contributed by atoms with E-state index in [2.05, 4.69) is 16.7 Å². The largest absolute Gasteiger partial charge is 0.351 e. The van der Waals surface area contributed by atoms with Crippen molar-refractivity contribution in [2.45, 2.75) is 11.0 Å². The molecule has 1 fully saturated rings. The molecule has 3 amide bonds. The van der Waals surface area contributed by atoms with Crippen LogP contribution in [0.3, 0.4) is 0 Å². The SMILES string of the molecule is NC(=O)Nc1ccc(C(=O)Nc2cccc(C3SCCCS3)c2)cc1. The molecule has 5 nitrogen and oxygen atoms in total. The van der Waals surface area contributed by atoms with Gasteiger partial charge in [0, 0.05) is 16.9 Å². The predicted octanol–water partition coefficient (Wildman–Crippen LogP) is 4.30. The van der Waals surface area contributed by atoms with E-state index in [1.807, 2.05) is 41.7 Å². The molecule has 0 unspecified atom stereocenters. The summed E-state index contributed by atoms with van der Waals surface area (Å²) in [7, 11) is 0. The molecule has 25 heavy (non-hydrogen) atoms. The molecule has 0 bridgehead atoms. The van der Waals surface area contributed by atoms with Gasteiger partial charge in [0.2, 0.25) is 0 Å². The second kappa shape index (κ2) is 8.31. The van der Waals surface area contributed by atoms with E-state index in [-0.39, 0.29) is 5.91 Å². The lowest BCUT2D eigenvalue weighted by atomic mass is 10.1. The Hall–Kier alpha value is -2.12. The lowest BCUT2D eigenvalue weighted by Crippen LogP contribution is -2.19. The molecule has 0 atom stereocenters. The number of thioether (sulfide) groups is 2. The highest BCUT2D eigenvalue weighted by atomic mass is 32.2. The standard InChI is InChI=1S/C18H19N3O2S2/c19-18(23)21-14-7-5-12(6-8-14)16(22)20-15-4-1-3-13(11-15)17-24-9-2-10-25-17/h1,3-8,11,17H,2,9-10H2,(H,20,22)(H3,19,21,23). The molecule has 1 aliphatic heterocycles. The number of hydrogen-bond donors (Lipinski definition) is 3. The van der Waals surface area contributed by atoms with E-state index in [4.69, 9.17) is 5.73 Å². The zero-order valence-corrected chi connectivity index (χ0v) is 15.2. The highest BCUT2D eigenvalue weighted by Gasteiger charge is 2.17. The van der Waals surface area contributed by atoms with Gasteiger partial charge in [0.1, 0.15) is 0 Å². The van der Waals surface area contributed by atoms with Crippen molar-refractivity contribution in [2.24, 2.45) is 5.73 Å². The third-order valence-electron chi connectivity index (χ3n) is 3.66. The third-order valence-corrected chi connectivity index (χ3v) is 6.67.